The first-order valence-electron chi connectivity index (χ1n) is 9.80. The van der Waals surface area contributed by atoms with Crippen molar-refractivity contribution >= 4 is 21.6 Å². The number of nitrogens with one attached hydrogen (secondary N) is 1. The lowest BCUT2D eigenvalue weighted by Crippen LogP contribution is -2.58. The van der Waals surface area contributed by atoms with Crippen molar-refractivity contribution in [1.82, 2.24) is 4.72 Å². The summed E-state index contributed by atoms with van der Waals surface area (Å²) < 4.78 is 37.5. The molecule has 1 aliphatic rings. The number of aliphatic hydroxyl groups is 3. The van der Waals surface area contributed by atoms with Gasteiger partial charge in [-0.2, -0.15) is 0 Å². The maximum atomic E-state index is 12.2. The van der Waals surface area contributed by atoms with Gasteiger partial charge in [0.2, 0.25) is 15.5 Å². The highest BCUT2D eigenvalue weighted by atomic mass is 35.5. The zero-order chi connectivity index (χ0) is 22.8. The molecule has 1 fully saturated rings. The van der Waals surface area contributed by atoms with Crippen LogP contribution in [0.4, 0.5) is 0 Å². The molecule has 2 aromatic carbocycles. The maximum Gasteiger partial charge on any atom is 0.241 e. The van der Waals surface area contributed by atoms with Crippen LogP contribution in [0.3, 0.4) is 0 Å². The molecule has 170 valence electrons. The lowest BCUT2D eigenvalue weighted by atomic mass is 9.92. The summed E-state index contributed by atoms with van der Waals surface area (Å²) in [7, 11) is -2.90. The first kappa shape index (κ1) is 23.9. The normalized spacial score (nSPS) is 26.6. The number of halogens is 1. The second-order valence-electron chi connectivity index (χ2n) is 7.25. The number of hydrogen-bond donors (Lipinski definition) is 4. The molecular weight excluding hydrogens is 446 g/mol. The first-order chi connectivity index (χ1) is 14.7. The van der Waals surface area contributed by atoms with E-state index in [1.165, 1.54) is 7.05 Å². The van der Waals surface area contributed by atoms with Gasteiger partial charge in [0.25, 0.3) is 0 Å². The van der Waals surface area contributed by atoms with Gasteiger partial charge in [-0.05, 0) is 55.3 Å². The molecule has 3 rings (SSSR count). The van der Waals surface area contributed by atoms with Crippen molar-refractivity contribution in [3.8, 4) is 5.75 Å². The Morgan fingerprint density at radius 3 is 2.35 bits per heavy atom. The average molecular weight is 472 g/mol. The van der Waals surface area contributed by atoms with Crippen molar-refractivity contribution in [1.29, 1.82) is 0 Å². The van der Waals surface area contributed by atoms with E-state index in [0.29, 0.717) is 23.6 Å². The van der Waals surface area contributed by atoms with Gasteiger partial charge in [-0.25, -0.2) is 13.1 Å². The second kappa shape index (κ2) is 9.83. The molecule has 0 spiro atoms. The summed E-state index contributed by atoms with van der Waals surface area (Å²) in [5.74, 6) is 0.758. The Bertz CT molecular complexity index is 999. The van der Waals surface area contributed by atoms with E-state index in [-0.39, 0.29) is 0 Å². The van der Waals surface area contributed by atoms with Crippen molar-refractivity contribution < 1.29 is 33.2 Å². The molecule has 0 radical (unpaired) electrons. The molecule has 0 aromatic heterocycles. The third-order valence-electron chi connectivity index (χ3n) is 5.19. The van der Waals surface area contributed by atoms with Crippen LogP contribution in [0.15, 0.2) is 42.5 Å². The van der Waals surface area contributed by atoms with Gasteiger partial charge in [-0.1, -0.05) is 35.9 Å². The third-order valence-corrected chi connectivity index (χ3v) is 7.13. The number of benzene rings is 2. The Hall–Kier alpha value is -1.72. The maximum absolute atomic E-state index is 12.2. The molecule has 1 saturated heterocycles. The Morgan fingerprint density at radius 2 is 1.74 bits per heavy atom. The summed E-state index contributed by atoms with van der Waals surface area (Å²) in [6, 6.07) is 12.4. The lowest BCUT2D eigenvalue weighted by molar-refractivity contribution is -0.202. The van der Waals surface area contributed by atoms with Crippen molar-refractivity contribution in [2.45, 2.75) is 43.2 Å². The van der Waals surface area contributed by atoms with Gasteiger partial charge in [-0.3, -0.25) is 0 Å². The molecule has 2 aromatic rings. The third kappa shape index (κ3) is 5.20. The van der Waals surface area contributed by atoms with Crippen molar-refractivity contribution in [2.75, 3.05) is 13.7 Å². The molecule has 4 N–H and O–H groups in total. The highest BCUT2D eigenvalue weighted by Gasteiger charge is 2.49. The summed E-state index contributed by atoms with van der Waals surface area (Å²) in [5.41, 5.74) is 0.387. The fourth-order valence-corrected chi connectivity index (χ4v) is 4.70. The number of rotatable bonds is 7. The molecule has 31 heavy (non-hydrogen) atoms. The van der Waals surface area contributed by atoms with Crippen LogP contribution in [0, 0.1) is 0 Å². The van der Waals surface area contributed by atoms with E-state index in [4.69, 9.17) is 21.1 Å². The molecule has 0 aliphatic carbocycles. The summed E-state index contributed by atoms with van der Waals surface area (Å²) in [4.78, 5) is 0. The largest absolute Gasteiger partial charge is 0.494 e. The van der Waals surface area contributed by atoms with E-state index in [1.807, 2.05) is 31.2 Å². The molecule has 1 aliphatic heterocycles. The molecule has 0 bridgehead atoms. The topological polar surface area (TPSA) is 125 Å². The van der Waals surface area contributed by atoms with E-state index in [2.05, 4.69) is 4.72 Å². The molecule has 5 atom stereocenters. The Balaban J connectivity index is 1.88. The van der Waals surface area contributed by atoms with Gasteiger partial charge in [0, 0.05) is 5.02 Å². The standard InChI is InChI=1S/C21H26ClNO7S/c1-3-29-15-7-4-12(5-8-15)10-14-11-13(6-9-16(14)22)20-18(25)17(24)19(26)21(30-20)31(27,28)23-2/h4-9,11,17-21,23-26H,3,10H2,1-2H3/t17-,18-,19+,20+,21-/m1/s1. The van der Waals surface area contributed by atoms with Gasteiger partial charge in [0.1, 0.15) is 30.2 Å². The molecule has 0 saturated carbocycles. The monoisotopic (exact) mass is 471 g/mol. The van der Waals surface area contributed by atoms with Crippen LogP contribution in [0.25, 0.3) is 0 Å². The SMILES string of the molecule is CCOc1ccc(Cc2cc([C@@H]3O[C@H](S(=O)(=O)NC)[C@@H](O)[C@H](O)[C@H]3O)ccc2Cl)cc1. The van der Waals surface area contributed by atoms with Crippen molar-refractivity contribution in [3.05, 3.63) is 64.2 Å². The minimum Gasteiger partial charge on any atom is -0.494 e. The van der Waals surface area contributed by atoms with Crippen LogP contribution in [0.5, 0.6) is 5.75 Å². The van der Waals surface area contributed by atoms with E-state index in [0.717, 1.165) is 16.9 Å². The van der Waals surface area contributed by atoms with Crippen LogP contribution in [0.2, 0.25) is 5.02 Å². The molecule has 10 heteroatoms. The Labute approximate surface area is 186 Å². The predicted octanol–water partition coefficient (Wildman–Crippen LogP) is 1.36. The lowest BCUT2D eigenvalue weighted by Gasteiger charge is -2.40. The average Bonchev–Trinajstić information content (AvgIpc) is 2.75. The van der Waals surface area contributed by atoms with Gasteiger partial charge in [-0.15, -0.1) is 0 Å². The summed E-state index contributed by atoms with van der Waals surface area (Å²) in [6.45, 7) is 2.48. The Kier molecular flexibility index (Phi) is 7.59. The molecule has 0 amide bonds. The molecule has 0 unspecified atom stereocenters. The van der Waals surface area contributed by atoms with Crippen LogP contribution in [-0.4, -0.2) is 61.1 Å². The minimum atomic E-state index is -4.07. The first-order valence-corrected chi connectivity index (χ1v) is 11.7. The predicted molar refractivity (Wildman–Crippen MR) is 115 cm³/mol. The second-order valence-corrected chi connectivity index (χ2v) is 9.62. The summed E-state index contributed by atoms with van der Waals surface area (Å²) in [5, 5.41) is 31.3. The minimum absolute atomic E-state index is 0.431. The van der Waals surface area contributed by atoms with Gasteiger partial charge in [0.05, 0.1) is 6.61 Å². The quantitative estimate of drug-likeness (QED) is 0.480. The zero-order valence-corrected chi connectivity index (χ0v) is 18.7. The van der Waals surface area contributed by atoms with E-state index < -0.39 is 39.9 Å². The number of sulfonamides is 1. The molecule has 8 nitrogen and oxygen atoms in total. The number of aliphatic hydroxyl groups excluding tert-OH is 3. The van der Waals surface area contributed by atoms with Crippen molar-refractivity contribution in [2.24, 2.45) is 0 Å². The molecular formula is C21H26ClNO7S. The highest BCUT2D eigenvalue weighted by Crippen LogP contribution is 2.35. The summed E-state index contributed by atoms with van der Waals surface area (Å²) >= 11 is 6.35. The summed E-state index contributed by atoms with van der Waals surface area (Å²) in [6.07, 6.45) is -5.75. The van der Waals surface area contributed by atoms with Gasteiger partial charge < -0.3 is 24.8 Å². The van der Waals surface area contributed by atoms with Gasteiger partial charge in [0.15, 0.2) is 0 Å². The number of ether oxygens (including phenoxy) is 2. The van der Waals surface area contributed by atoms with E-state index in [9.17, 15) is 23.7 Å². The van der Waals surface area contributed by atoms with E-state index >= 15 is 0 Å². The van der Waals surface area contributed by atoms with Crippen molar-refractivity contribution in [3.63, 3.8) is 0 Å². The van der Waals surface area contributed by atoms with E-state index in [1.54, 1.807) is 18.2 Å². The van der Waals surface area contributed by atoms with Crippen LogP contribution in [-0.2, 0) is 21.2 Å². The fourth-order valence-electron chi connectivity index (χ4n) is 3.49. The highest BCUT2D eigenvalue weighted by molar-refractivity contribution is 7.90. The van der Waals surface area contributed by atoms with Gasteiger partial charge >= 0.3 is 0 Å². The molecule has 1 heterocycles. The van der Waals surface area contributed by atoms with Crippen LogP contribution in [0.1, 0.15) is 29.7 Å². The zero-order valence-electron chi connectivity index (χ0n) is 17.1. The fraction of sp³-hybridized carbons (Fsp3) is 0.429. The Morgan fingerprint density at radius 1 is 1.06 bits per heavy atom. The smallest absolute Gasteiger partial charge is 0.241 e. The van der Waals surface area contributed by atoms with Crippen LogP contribution >= 0.6 is 11.6 Å². The number of hydrogen-bond acceptors (Lipinski definition) is 7. The van der Waals surface area contributed by atoms with Crippen LogP contribution < -0.4 is 9.46 Å².